The van der Waals surface area contributed by atoms with Gasteiger partial charge in [0.1, 0.15) is 0 Å². The predicted octanol–water partition coefficient (Wildman–Crippen LogP) is -0.142. The molecule has 11 heavy (non-hydrogen) atoms. The molecule has 0 aromatic carbocycles. The van der Waals surface area contributed by atoms with Gasteiger partial charge in [-0.3, -0.25) is 4.68 Å². The van der Waals surface area contributed by atoms with Gasteiger partial charge in [-0.1, -0.05) is 0 Å². The van der Waals surface area contributed by atoms with Gasteiger partial charge in [0.25, 0.3) is 0 Å². The minimum Gasteiger partial charge on any atom is -0.378 e. The van der Waals surface area contributed by atoms with Crippen LogP contribution in [0.15, 0.2) is 18.5 Å². The van der Waals surface area contributed by atoms with E-state index in [-0.39, 0.29) is 0 Å². The van der Waals surface area contributed by atoms with Gasteiger partial charge in [0, 0.05) is 18.9 Å². The maximum absolute atomic E-state index is 5.24. The molecule has 62 valence electrons. The van der Waals surface area contributed by atoms with E-state index >= 15 is 0 Å². The lowest BCUT2D eigenvalue weighted by Crippen LogP contribution is -2.12. The number of nitrogens with two attached hydrogens (primary N) is 1. The summed E-state index contributed by atoms with van der Waals surface area (Å²) >= 11 is 0. The molecule has 4 heteroatoms. The Morgan fingerprint density at radius 3 is 3.00 bits per heavy atom. The van der Waals surface area contributed by atoms with Gasteiger partial charge >= 0.3 is 0 Å². The van der Waals surface area contributed by atoms with Crippen molar-refractivity contribution in [1.29, 1.82) is 0 Å². The van der Waals surface area contributed by atoms with E-state index in [1.165, 1.54) is 0 Å². The highest BCUT2D eigenvalue weighted by atomic mass is 16.5. The zero-order valence-corrected chi connectivity index (χ0v) is 6.44. The van der Waals surface area contributed by atoms with Gasteiger partial charge in [-0.25, -0.2) is 0 Å². The third kappa shape index (κ3) is 3.15. The second-order valence-corrected chi connectivity index (χ2v) is 2.17. The van der Waals surface area contributed by atoms with E-state index in [1.807, 2.05) is 16.9 Å². The van der Waals surface area contributed by atoms with Gasteiger partial charge < -0.3 is 10.5 Å². The second-order valence-electron chi connectivity index (χ2n) is 2.17. The third-order valence-corrected chi connectivity index (χ3v) is 1.29. The van der Waals surface area contributed by atoms with Gasteiger partial charge in [-0.15, -0.1) is 0 Å². The van der Waals surface area contributed by atoms with Crippen molar-refractivity contribution in [2.75, 3.05) is 19.8 Å². The van der Waals surface area contributed by atoms with Crippen molar-refractivity contribution in [3.63, 3.8) is 0 Å². The van der Waals surface area contributed by atoms with Crippen LogP contribution in [-0.2, 0) is 11.3 Å². The molecule has 1 aromatic heterocycles. The molecule has 1 rings (SSSR count). The monoisotopic (exact) mass is 155 g/mol. The Morgan fingerprint density at radius 2 is 2.36 bits per heavy atom. The molecule has 0 aliphatic heterocycles. The molecular weight excluding hydrogens is 142 g/mol. The van der Waals surface area contributed by atoms with Crippen molar-refractivity contribution in [2.24, 2.45) is 5.73 Å². The first kappa shape index (κ1) is 8.23. The molecule has 0 amide bonds. The Morgan fingerprint density at radius 1 is 1.45 bits per heavy atom. The Balaban J connectivity index is 2.04. The highest BCUT2D eigenvalue weighted by Gasteiger charge is 1.88. The molecule has 0 aliphatic carbocycles. The molecule has 1 aromatic rings. The number of hydrogen-bond donors (Lipinski definition) is 1. The van der Waals surface area contributed by atoms with Crippen LogP contribution >= 0.6 is 0 Å². The molecule has 0 bridgehead atoms. The lowest BCUT2D eigenvalue weighted by molar-refractivity contribution is 0.130. The van der Waals surface area contributed by atoms with Crippen molar-refractivity contribution in [3.8, 4) is 0 Å². The number of nitrogens with zero attached hydrogens (tertiary/aromatic N) is 2. The summed E-state index contributed by atoms with van der Waals surface area (Å²) in [6.07, 6.45) is 3.66. The van der Waals surface area contributed by atoms with Gasteiger partial charge in [-0.05, 0) is 6.07 Å². The van der Waals surface area contributed by atoms with Crippen LogP contribution in [0, 0.1) is 0 Å². The summed E-state index contributed by atoms with van der Waals surface area (Å²) in [6, 6.07) is 1.89. The summed E-state index contributed by atoms with van der Waals surface area (Å²) in [5.41, 5.74) is 5.24. The smallest absolute Gasteiger partial charge is 0.0663 e. The largest absolute Gasteiger partial charge is 0.378 e. The normalized spacial score (nSPS) is 10.3. The summed E-state index contributed by atoms with van der Waals surface area (Å²) in [7, 11) is 0. The first-order valence-electron chi connectivity index (χ1n) is 3.68. The molecule has 0 radical (unpaired) electrons. The van der Waals surface area contributed by atoms with E-state index in [4.69, 9.17) is 10.5 Å². The standard InChI is InChI=1S/C7H13N3O/c8-2-6-11-7-5-10-4-1-3-9-10/h1,3-4H,2,5-8H2. The first-order valence-corrected chi connectivity index (χ1v) is 3.68. The molecule has 0 spiro atoms. The number of ether oxygens (including phenoxy) is 1. The van der Waals surface area contributed by atoms with Crippen LogP contribution in [-0.4, -0.2) is 29.5 Å². The average molecular weight is 155 g/mol. The highest BCUT2D eigenvalue weighted by molar-refractivity contribution is 4.77. The summed E-state index contributed by atoms with van der Waals surface area (Å²) in [5.74, 6) is 0. The summed E-state index contributed by atoms with van der Waals surface area (Å²) in [5, 5.41) is 4.02. The van der Waals surface area contributed by atoms with Crippen LogP contribution in [0.5, 0.6) is 0 Å². The molecule has 2 N–H and O–H groups in total. The average Bonchev–Trinajstić information content (AvgIpc) is 2.50. The Bertz CT molecular complexity index is 174. The van der Waals surface area contributed by atoms with Crippen molar-refractivity contribution in [1.82, 2.24) is 9.78 Å². The molecule has 0 unspecified atom stereocenters. The zero-order chi connectivity index (χ0) is 7.94. The Kier molecular flexibility index (Phi) is 3.64. The fourth-order valence-electron chi connectivity index (χ4n) is 0.776. The van der Waals surface area contributed by atoms with Crippen molar-refractivity contribution >= 4 is 0 Å². The first-order chi connectivity index (χ1) is 5.43. The maximum Gasteiger partial charge on any atom is 0.0663 e. The quantitative estimate of drug-likeness (QED) is 0.602. The van der Waals surface area contributed by atoms with E-state index in [2.05, 4.69) is 5.10 Å². The Hall–Kier alpha value is -0.870. The molecule has 0 saturated carbocycles. The number of rotatable bonds is 5. The van der Waals surface area contributed by atoms with Crippen LogP contribution in [0.4, 0.5) is 0 Å². The molecular formula is C7H13N3O. The van der Waals surface area contributed by atoms with Crippen LogP contribution in [0.2, 0.25) is 0 Å². The van der Waals surface area contributed by atoms with Gasteiger partial charge in [0.2, 0.25) is 0 Å². The fourth-order valence-corrected chi connectivity index (χ4v) is 0.776. The number of hydrogen-bond acceptors (Lipinski definition) is 3. The van der Waals surface area contributed by atoms with E-state index in [0.29, 0.717) is 19.8 Å². The van der Waals surface area contributed by atoms with Crippen LogP contribution in [0.3, 0.4) is 0 Å². The second kappa shape index (κ2) is 4.87. The van der Waals surface area contributed by atoms with Gasteiger partial charge in [0.15, 0.2) is 0 Å². The highest BCUT2D eigenvalue weighted by Crippen LogP contribution is 1.84. The summed E-state index contributed by atoms with van der Waals surface area (Å²) < 4.78 is 7.00. The predicted molar refractivity (Wildman–Crippen MR) is 42.1 cm³/mol. The SMILES string of the molecule is NCCOCCn1cccn1. The van der Waals surface area contributed by atoms with Crippen LogP contribution < -0.4 is 5.73 Å². The molecule has 0 saturated heterocycles. The van der Waals surface area contributed by atoms with Crippen molar-refractivity contribution in [2.45, 2.75) is 6.54 Å². The van der Waals surface area contributed by atoms with E-state index in [0.717, 1.165) is 6.54 Å². The minimum atomic E-state index is 0.582. The minimum absolute atomic E-state index is 0.582. The van der Waals surface area contributed by atoms with Gasteiger partial charge in [-0.2, -0.15) is 5.10 Å². The van der Waals surface area contributed by atoms with E-state index in [9.17, 15) is 0 Å². The lowest BCUT2D eigenvalue weighted by atomic mass is 10.6. The number of aromatic nitrogens is 2. The van der Waals surface area contributed by atoms with Crippen LogP contribution in [0.1, 0.15) is 0 Å². The zero-order valence-electron chi connectivity index (χ0n) is 6.44. The van der Waals surface area contributed by atoms with Crippen LogP contribution in [0.25, 0.3) is 0 Å². The van der Waals surface area contributed by atoms with E-state index in [1.54, 1.807) is 6.20 Å². The third-order valence-electron chi connectivity index (χ3n) is 1.29. The maximum atomic E-state index is 5.24. The molecule has 0 fully saturated rings. The molecule has 0 aliphatic rings. The Labute approximate surface area is 66.0 Å². The van der Waals surface area contributed by atoms with Crippen molar-refractivity contribution < 1.29 is 4.74 Å². The topological polar surface area (TPSA) is 53.1 Å². The fraction of sp³-hybridized carbons (Fsp3) is 0.571. The molecule has 0 atom stereocenters. The lowest BCUT2D eigenvalue weighted by Gasteiger charge is -2.01. The molecule has 4 nitrogen and oxygen atoms in total. The summed E-state index contributed by atoms with van der Waals surface area (Å²) in [6.45, 7) is 2.69. The molecule has 1 heterocycles. The van der Waals surface area contributed by atoms with E-state index < -0.39 is 0 Å². The van der Waals surface area contributed by atoms with Crippen molar-refractivity contribution in [3.05, 3.63) is 18.5 Å². The summed E-state index contributed by atoms with van der Waals surface area (Å²) in [4.78, 5) is 0. The van der Waals surface area contributed by atoms with Gasteiger partial charge in [0.05, 0.1) is 19.8 Å².